The number of para-hydroxylation sites is 1. The molecule has 1 aromatic heterocycles. The first-order valence-corrected chi connectivity index (χ1v) is 6.56. The van der Waals surface area contributed by atoms with Crippen LogP contribution in [-0.2, 0) is 0 Å². The lowest BCUT2D eigenvalue weighted by Gasteiger charge is -2.19. The number of nitrogens with two attached hydrogens (primary N) is 1. The molecule has 1 aromatic carbocycles. The van der Waals surface area contributed by atoms with Crippen molar-refractivity contribution in [2.24, 2.45) is 0 Å². The number of fused-ring (bicyclic) bond motifs is 1. The zero-order chi connectivity index (χ0) is 13.7. The molecular weight excluding hydrogens is 240 g/mol. The molecule has 0 saturated heterocycles. The minimum Gasteiger partial charge on any atom is -0.396 e. The molecule has 0 bridgehead atoms. The molecule has 0 aliphatic heterocycles. The van der Waals surface area contributed by atoms with Crippen LogP contribution in [0.3, 0.4) is 0 Å². The Morgan fingerprint density at radius 3 is 2.74 bits per heavy atom. The molecule has 2 aromatic rings. The van der Waals surface area contributed by atoms with E-state index in [9.17, 15) is 0 Å². The molecule has 1 heterocycles. The van der Waals surface area contributed by atoms with Crippen LogP contribution in [0.15, 0.2) is 24.3 Å². The normalized spacial score (nSPS) is 10.8. The molecule has 5 heteroatoms. The largest absolute Gasteiger partial charge is 0.396 e. The van der Waals surface area contributed by atoms with Crippen molar-refractivity contribution < 1.29 is 5.11 Å². The highest BCUT2D eigenvalue weighted by atomic mass is 16.2. The summed E-state index contributed by atoms with van der Waals surface area (Å²) in [6.45, 7) is 1.15. The van der Waals surface area contributed by atoms with Gasteiger partial charge in [0.05, 0.1) is 5.52 Å². The van der Waals surface area contributed by atoms with E-state index in [1.807, 2.05) is 31.3 Å². The number of nitrogens with zero attached hydrogens (tertiary/aromatic N) is 3. The smallest absolute Gasteiger partial charge is 0.222 e. The van der Waals surface area contributed by atoms with Gasteiger partial charge in [-0.25, -0.2) is 4.98 Å². The molecular formula is C14H20N4O. The topological polar surface area (TPSA) is 75.3 Å². The van der Waals surface area contributed by atoms with Crippen LogP contribution in [0.5, 0.6) is 0 Å². The van der Waals surface area contributed by atoms with Crippen molar-refractivity contribution >= 4 is 22.7 Å². The van der Waals surface area contributed by atoms with E-state index >= 15 is 0 Å². The van der Waals surface area contributed by atoms with Crippen LogP contribution in [0.25, 0.3) is 10.9 Å². The summed E-state index contributed by atoms with van der Waals surface area (Å²) >= 11 is 0. The number of hydrogen-bond acceptors (Lipinski definition) is 5. The first-order chi connectivity index (χ1) is 9.22. The number of nitrogen functional groups attached to an aromatic ring is 1. The summed E-state index contributed by atoms with van der Waals surface area (Å²) in [6.07, 6.45) is 2.88. The monoisotopic (exact) mass is 260 g/mol. The Labute approximate surface area is 113 Å². The minimum atomic E-state index is 0.257. The molecule has 0 atom stereocenters. The second-order valence-corrected chi connectivity index (χ2v) is 4.63. The molecule has 102 valence electrons. The maximum atomic E-state index is 8.78. The van der Waals surface area contributed by atoms with Gasteiger partial charge in [-0.15, -0.1) is 0 Å². The number of benzene rings is 1. The Hall–Kier alpha value is -1.88. The lowest BCUT2D eigenvalue weighted by atomic mass is 10.2. The fraction of sp³-hybridized carbons (Fsp3) is 0.429. The lowest BCUT2D eigenvalue weighted by Crippen LogP contribution is -2.21. The summed E-state index contributed by atoms with van der Waals surface area (Å²) in [7, 11) is 2.01. The SMILES string of the molecule is CN(CCCCCO)c1nc(N)nc2ccccc12. The van der Waals surface area contributed by atoms with Crippen molar-refractivity contribution in [2.75, 3.05) is 30.8 Å². The molecule has 0 radical (unpaired) electrons. The number of aliphatic hydroxyl groups excluding tert-OH is 1. The van der Waals surface area contributed by atoms with Gasteiger partial charge in [0.2, 0.25) is 5.95 Å². The highest BCUT2D eigenvalue weighted by Crippen LogP contribution is 2.23. The lowest BCUT2D eigenvalue weighted by molar-refractivity contribution is 0.283. The summed E-state index contributed by atoms with van der Waals surface area (Å²) in [5.74, 6) is 1.17. The van der Waals surface area contributed by atoms with Crippen molar-refractivity contribution in [3.63, 3.8) is 0 Å². The van der Waals surface area contributed by atoms with E-state index in [0.717, 1.165) is 42.5 Å². The molecule has 0 spiro atoms. The Bertz CT molecular complexity index is 544. The standard InChI is InChI=1S/C14H20N4O/c1-18(9-5-2-6-10-19)13-11-7-3-4-8-12(11)16-14(15)17-13/h3-4,7-8,19H,2,5-6,9-10H2,1H3,(H2,15,16,17). The maximum absolute atomic E-state index is 8.78. The number of unbranched alkanes of at least 4 members (excludes halogenated alkanes) is 2. The average Bonchev–Trinajstić information content (AvgIpc) is 2.42. The molecule has 0 fully saturated rings. The van der Waals surface area contributed by atoms with Crippen molar-refractivity contribution in [1.29, 1.82) is 0 Å². The molecule has 19 heavy (non-hydrogen) atoms. The van der Waals surface area contributed by atoms with Crippen LogP contribution in [-0.4, -0.2) is 35.3 Å². The minimum absolute atomic E-state index is 0.257. The van der Waals surface area contributed by atoms with Gasteiger partial charge in [-0.2, -0.15) is 4.98 Å². The Balaban J connectivity index is 2.18. The van der Waals surface area contributed by atoms with Crippen molar-refractivity contribution in [2.45, 2.75) is 19.3 Å². The highest BCUT2D eigenvalue weighted by molar-refractivity contribution is 5.90. The predicted molar refractivity (Wildman–Crippen MR) is 78.2 cm³/mol. The third-order valence-electron chi connectivity index (χ3n) is 3.11. The molecule has 2 rings (SSSR count). The van der Waals surface area contributed by atoms with E-state index < -0.39 is 0 Å². The number of hydrogen-bond donors (Lipinski definition) is 2. The Morgan fingerprint density at radius 1 is 1.16 bits per heavy atom. The zero-order valence-electron chi connectivity index (χ0n) is 11.2. The van der Waals surface area contributed by atoms with Gasteiger partial charge in [0.15, 0.2) is 0 Å². The number of rotatable bonds is 6. The molecule has 0 aliphatic rings. The predicted octanol–water partition coefficient (Wildman–Crippen LogP) is 1.81. The quantitative estimate of drug-likeness (QED) is 0.775. The van der Waals surface area contributed by atoms with Gasteiger partial charge in [0.1, 0.15) is 5.82 Å². The van der Waals surface area contributed by atoms with E-state index in [4.69, 9.17) is 10.8 Å². The fourth-order valence-electron chi connectivity index (χ4n) is 2.11. The van der Waals surface area contributed by atoms with Crippen LogP contribution in [0, 0.1) is 0 Å². The highest BCUT2D eigenvalue weighted by Gasteiger charge is 2.09. The van der Waals surface area contributed by atoms with E-state index in [1.165, 1.54) is 0 Å². The average molecular weight is 260 g/mol. The summed E-state index contributed by atoms with van der Waals surface area (Å²) in [6, 6.07) is 7.87. The molecule has 0 saturated carbocycles. The maximum Gasteiger partial charge on any atom is 0.222 e. The Kier molecular flexibility index (Phi) is 4.52. The fourth-order valence-corrected chi connectivity index (χ4v) is 2.11. The molecule has 3 N–H and O–H groups in total. The van der Waals surface area contributed by atoms with Crippen molar-refractivity contribution in [1.82, 2.24) is 9.97 Å². The number of anilines is 2. The molecule has 0 aliphatic carbocycles. The van der Waals surface area contributed by atoms with Crippen LogP contribution < -0.4 is 10.6 Å². The van der Waals surface area contributed by atoms with Gasteiger partial charge < -0.3 is 15.7 Å². The Morgan fingerprint density at radius 2 is 1.95 bits per heavy atom. The molecule has 5 nitrogen and oxygen atoms in total. The van der Waals surface area contributed by atoms with Crippen LogP contribution in [0.4, 0.5) is 11.8 Å². The molecule has 0 amide bonds. The van der Waals surface area contributed by atoms with Crippen LogP contribution in [0.2, 0.25) is 0 Å². The van der Waals surface area contributed by atoms with Gasteiger partial charge in [-0.1, -0.05) is 12.1 Å². The summed E-state index contributed by atoms with van der Waals surface area (Å²) in [5, 5.41) is 9.79. The van der Waals surface area contributed by atoms with Crippen molar-refractivity contribution in [3.05, 3.63) is 24.3 Å². The first-order valence-electron chi connectivity index (χ1n) is 6.56. The van der Waals surface area contributed by atoms with E-state index in [1.54, 1.807) is 0 Å². The van der Waals surface area contributed by atoms with Gasteiger partial charge in [0, 0.05) is 25.6 Å². The van der Waals surface area contributed by atoms with Crippen LogP contribution >= 0.6 is 0 Å². The van der Waals surface area contributed by atoms with Gasteiger partial charge in [0.25, 0.3) is 0 Å². The van der Waals surface area contributed by atoms with Gasteiger partial charge in [-0.05, 0) is 31.4 Å². The summed E-state index contributed by atoms with van der Waals surface area (Å²) < 4.78 is 0. The van der Waals surface area contributed by atoms with Gasteiger partial charge in [-0.3, -0.25) is 0 Å². The summed E-state index contributed by atoms with van der Waals surface area (Å²) in [4.78, 5) is 10.7. The zero-order valence-corrected chi connectivity index (χ0v) is 11.2. The number of aliphatic hydroxyl groups is 1. The van der Waals surface area contributed by atoms with E-state index in [2.05, 4.69) is 14.9 Å². The first kappa shape index (κ1) is 13.5. The number of aromatic nitrogens is 2. The van der Waals surface area contributed by atoms with Gasteiger partial charge >= 0.3 is 0 Å². The summed E-state index contributed by atoms with van der Waals surface area (Å²) in [5.41, 5.74) is 6.62. The van der Waals surface area contributed by atoms with Crippen LogP contribution in [0.1, 0.15) is 19.3 Å². The molecule has 0 unspecified atom stereocenters. The second-order valence-electron chi connectivity index (χ2n) is 4.63. The van der Waals surface area contributed by atoms with E-state index in [0.29, 0.717) is 5.95 Å². The third kappa shape index (κ3) is 3.32. The van der Waals surface area contributed by atoms with Crippen molar-refractivity contribution in [3.8, 4) is 0 Å². The van der Waals surface area contributed by atoms with E-state index in [-0.39, 0.29) is 6.61 Å². The third-order valence-corrected chi connectivity index (χ3v) is 3.11. The second kappa shape index (κ2) is 6.33.